The molecule has 0 unspecified atom stereocenters. The molecule has 0 atom stereocenters. The van der Waals surface area contributed by atoms with E-state index in [1.807, 2.05) is 0 Å². The van der Waals surface area contributed by atoms with Crippen molar-refractivity contribution in [2.24, 2.45) is 0 Å². The summed E-state index contributed by atoms with van der Waals surface area (Å²) in [4.78, 5) is 48.3. The van der Waals surface area contributed by atoms with Crippen LogP contribution in [0.1, 0.15) is 42.1 Å². The van der Waals surface area contributed by atoms with E-state index >= 15 is 0 Å². The Kier molecular flexibility index (Phi) is 6.80. The molecule has 4 rings (SSSR count). The van der Waals surface area contributed by atoms with Crippen LogP contribution in [-0.4, -0.2) is 54.5 Å². The first-order valence-electron chi connectivity index (χ1n) is 13.5. The highest BCUT2D eigenvalue weighted by Crippen LogP contribution is 2.39. The minimum atomic E-state index is -5.53. The van der Waals surface area contributed by atoms with Crippen molar-refractivity contribution in [1.29, 1.82) is 0 Å². The summed E-state index contributed by atoms with van der Waals surface area (Å²) < 4.78 is 85.7. The van der Waals surface area contributed by atoms with Crippen LogP contribution in [0.15, 0.2) is 30.4 Å². The summed E-state index contributed by atoms with van der Waals surface area (Å²) in [5.41, 5.74) is -2.08. The molecule has 0 bridgehead atoms. The molecular weight excluding hydrogens is 550 g/mol. The van der Waals surface area contributed by atoms with Crippen LogP contribution in [0, 0.1) is 5.82 Å². The van der Waals surface area contributed by atoms with Crippen LogP contribution in [0.2, 0.25) is 0 Å². The lowest BCUT2D eigenvalue weighted by Gasteiger charge is -2.39. The van der Waals surface area contributed by atoms with Gasteiger partial charge in [-0.3, -0.25) is 9.69 Å². The first-order valence-corrected chi connectivity index (χ1v) is 13.0. The number of phosphoric ester groups is 1. The summed E-state index contributed by atoms with van der Waals surface area (Å²) in [5, 5.41) is 0. The SMILES string of the molecule is [2H]c1c(Cc2nc(Cc3c([2H])c(OC)c(OC)c(OC)c3[2H])ncc2F)nc2c(c1[2H])OC(C)(C)C(=O)N2COP(=O)([O-])[O-]. The van der Waals surface area contributed by atoms with E-state index in [-0.39, 0.29) is 64.3 Å². The van der Waals surface area contributed by atoms with Crippen molar-refractivity contribution < 1.29 is 52.5 Å². The summed E-state index contributed by atoms with van der Waals surface area (Å²) in [6.45, 7) is 1.58. The number of anilines is 1. The molecular formula is C25H26FN4O9P-2. The van der Waals surface area contributed by atoms with Crippen LogP contribution < -0.4 is 33.6 Å². The zero-order chi connectivity index (χ0) is 32.7. The fourth-order valence-electron chi connectivity index (χ4n) is 3.75. The second-order valence-electron chi connectivity index (χ2n) is 8.77. The van der Waals surface area contributed by atoms with E-state index in [9.17, 15) is 23.5 Å². The van der Waals surface area contributed by atoms with Crippen molar-refractivity contribution in [1.82, 2.24) is 15.0 Å². The van der Waals surface area contributed by atoms with Gasteiger partial charge < -0.3 is 37.8 Å². The number of carbonyl (C=O) groups is 1. The summed E-state index contributed by atoms with van der Waals surface area (Å²) >= 11 is 0. The minimum absolute atomic E-state index is 0.00319. The molecule has 15 heteroatoms. The topological polar surface area (TPSA) is 168 Å². The third-order valence-corrected chi connectivity index (χ3v) is 6.00. The van der Waals surface area contributed by atoms with E-state index in [1.165, 1.54) is 35.2 Å². The number of ether oxygens (including phenoxy) is 4. The van der Waals surface area contributed by atoms with E-state index in [4.69, 9.17) is 24.4 Å². The number of carbonyl (C=O) groups excluding carboxylic acids is 1. The van der Waals surface area contributed by atoms with Gasteiger partial charge in [0.05, 0.1) is 46.5 Å². The Bertz CT molecular complexity index is 1660. The minimum Gasteiger partial charge on any atom is -0.790 e. The Balaban J connectivity index is 1.76. The van der Waals surface area contributed by atoms with E-state index < -0.39 is 56.2 Å². The number of fused-ring (bicyclic) bond motifs is 1. The lowest BCUT2D eigenvalue weighted by atomic mass is 10.1. The molecule has 0 radical (unpaired) electrons. The maximum Gasteiger partial charge on any atom is 0.273 e. The lowest BCUT2D eigenvalue weighted by Crippen LogP contribution is -2.53. The number of halogens is 1. The van der Waals surface area contributed by atoms with Gasteiger partial charge in [0.15, 0.2) is 34.5 Å². The van der Waals surface area contributed by atoms with E-state index in [0.29, 0.717) is 4.90 Å². The Morgan fingerprint density at radius 1 is 1.10 bits per heavy atom. The lowest BCUT2D eigenvalue weighted by molar-refractivity contribution is -0.341. The number of benzene rings is 1. The van der Waals surface area contributed by atoms with Gasteiger partial charge in [0.25, 0.3) is 5.91 Å². The quantitative estimate of drug-likeness (QED) is 0.318. The van der Waals surface area contributed by atoms with Crippen molar-refractivity contribution in [3.05, 3.63) is 59.0 Å². The van der Waals surface area contributed by atoms with Gasteiger partial charge in [0, 0.05) is 18.5 Å². The molecule has 0 aliphatic carbocycles. The van der Waals surface area contributed by atoms with Gasteiger partial charge in [-0.1, -0.05) is 0 Å². The zero-order valence-electron chi connectivity index (χ0n) is 26.0. The first-order chi connectivity index (χ1) is 20.5. The Labute approximate surface area is 234 Å². The molecule has 1 amide bonds. The number of pyridine rings is 1. The molecule has 40 heavy (non-hydrogen) atoms. The van der Waals surface area contributed by atoms with E-state index in [0.717, 1.165) is 6.20 Å². The van der Waals surface area contributed by atoms with Crippen LogP contribution >= 0.6 is 7.82 Å². The summed E-state index contributed by atoms with van der Waals surface area (Å²) in [5.74, 6) is -2.51. The van der Waals surface area contributed by atoms with Crippen molar-refractivity contribution in [2.75, 3.05) is 33.0 Å². The van der Waals surface area contributed by atoms with Gasteiger partial charge in [-0.05, 0) is 43.6 Å². The summed E-state index contributed by atoms with van der Waals surface area (Å²) in [6, 6.07) is -1.46. The number of hydrogen-bond donors (Lipinski definition) is 0. The van der Waals surface area contributed by atoms with Crippen LogP contribution in [0.3, 0.4) is 0 Å². The summed E-state index contributed by atoms with van der Waals surface area (Å²) in [7, 11) is -1.58. The molecule has 1 aliphatic rings. The Hall–Kier alpha value is -3.84. The predicted molar refractivity (Wildman–Crippen MR) is 134 cm³/mol. The predicted octanol–water partition coefficient (Wildman–Crippen LogP) is 1.52. The molecule has 1 aliphatic heterocycles. The number of methoxy groups -OCH3 is 3. The number of phosphoric acid groups is 1. The van der Waals surface area contributed by atoms with E-state index in [2.05, 4.69) is 19.5 Å². The smallest absolute Gasteiger partial charge is 0.273 e. The molecule has 1 aromatic carbocycles. The van der Waals surface area contributed by atoms with Crippen LogP contribution in [0.5, 0.6) is 23.0 Å². The first kappa shape index (κ1) is 24.0. The average molecular weight is 580 g/mol. The molecule has 3 heterocycles. The second-order valence-corrected chi connectivity index (χ2v) is 9.93. The number of rotatable bonds is 10. The van der Waals surface area contributed by atoms with Crippen molar-refractivity contribution in [2.45, 2.75) is 32.3 Å². The molecule has 2 aromatic heterocycles. The van der Waals surface area contributed by atoms with Crippen molar-refractivity contribution in [3.8, 4) is 23.0 Å². The third-order valence-electron chi connectivity index (χ3n) is 5.57. The zero-order valence-corrected chi connectivity index (χ0v) is 22.9. The van der Waals surface area contributed by atoms with Crippen LogP contribution in [-0.2, 0) is 26.7 Å². The molecule has 0 fully saturated rings. The molecule has 0 spiro atoms. The second kappa shape index (κ2) is 11.3. The van der Waals surface area contributed by atoms with Gasteiger partial charge >= 0.3 is 0 Å². The summed E-state index contributed by atoms with van der Waals surface area (Å²) in [6.07, 6.45) is 0.121. The number of aromatic nitrogens is 3. The molecule has 0 saturated heterocycles. The number of amides is 1. The maximum absolute atomic E-state index is 15.0. The van der Waals surface area contributed by atoms with Crippen molar-refractivity contribution >= 4 is 19.5 Å². The monoisotopic (exact) mass is 580 g/mol. The van der Waals surface area contributed by atoms with Gasteiger partial charge in [-0.25, -0.2) is 19.3 Å². The Morgan fingerprint density at radius 2 is 1.77 bits per heavy atom. The highest BCUT2D eigenvalue weighted by atomic mass is 31.2. The molecule has 214 valence electrons. The standard InChI is InChI=1S/C25H28FN4O9P/c1-25(2)24(31)30(13-38-40(32,33)34)23-18(39-25)7-6-15(28-23)11-17-16(26)12-27-21(29-17)10-14-8-19(35-3)22(37-5)20(9-14)36-4/h6-9,12H,10-11,13H2,1-5H3,(H2,32,33,34)/p-2/i6D,7D,8D,9D. The van der Waals surface area contributed by atoms with Gasteiger partial charge in [0.2, 0.25) is 5.75 Å². The highest BCUT2D eigenvalue weighted by molar-refractivity contribution is 7.43. The van der Waals surface area contributed by atoms with E-state index in [1.54, 1.807) is 0 Å². The molecule has 0 saturated carbocycles. The number of hydrogen-bond acceptors (Lipinski definition) is 12. The fourth-order valence-corrected chi connectivity index (χ4v) is 4.01. The fraction of sp³-hybridized carbons (Fsp3) is 0.360. The average Bonchev–Trinajstić information content (AvgIpc) is 2.95. The third kappa shape index (κ3) is 6.31. The Morgan fingerprint density at radius 3 is 2.38 bits per heavy atom. The largest absolute Gasteiger partial charge is 0.790 e. The highest BCUT2D eigenvalue weighted by Gasteiger charge is 2.42. The van der Waals surface area contributed by atoms with Crippen molar-refractivity contribution in [3.63, 3.8) is 0 Å². The van der Waals surface area contributed by atoms with Crippen LogP contribution in [0.4, 0.5) is 10.2 Å². The molecule has 13 nitrogen and oxygen atoms in total. The normalized spacial score (nSPS) is 15.8. The maximum atomic E-state index is 15.0. The molecule has 0 N–H and O–H groups in total. The van der Waals surface area contributed by atoms with Crippen LogP contribution in [0.25, 0.3) is 0 Å². The van der Waals surface area contributed by atoms with Gasteiger partial charge in [-0.2, -0.15) is 0 Å². The number of nitrogens with zero attached hydrogens (tertiary/aromatic N) is 4. The molecule has 3 aromatic rings. The van der Waals surface area contributed by atoms with Gasteiger partial charge in [-0.15, -0.1) is 0 Å². The van der Waals surface area contributed by atoms with Gasteiger partial charge in [0.1, 0.15) is 12.6 Å².